The van der Waals surface area contributed by atoms with Crippen LogP contribution in [0.4, 0.5) is 0 Å². The van der Waals surface area contributed by atoms with Gasteiger partial charge in [-0.1, -0.05) is 66.7 Å². The summed E-state index contributed by atoms with van der Waals surface area (Å²) in [7, 11) is 0. The van der Waals surface area contributed by atoms with Crippen LogP contribution in [0.1, 0.15) is 0 Å². The highest BCUT2D eigenvalue weighted by Gasteiger charge is 2.20. The third kappa shape index (κ3) is 2.75. The number of nitrogens with zero attached hydrogens (tertiary/aromatic N) is 5. The van der Waals surface area contributed by atoms with Crippen molar-refractivity contribution in [2.75, 3.05) is 0 Å². The fraction of sp³-hybridized carbons (Fsp3) is 0. The second-order valence-electron chi connectivity index (χ2n) is 7.20. The molecule has 1 N–H and O–H groups in total. The summed E-state index contributed by atoms with van der Waals surface area (Å²) < 4.78 is 3.46. The highest BCUT2D eigenvalue weighted by molar-refractivity contribution is 5.93. The molecule has 0 unspecified atom stereocenters. The molecule has 148 valence electrons. The molecule has 3 heterocycles. The molecular weight excluding hydrogens is 388 g/mol. The van der Waals surface area contributed by atoms with E-state index >= 15 is 0 Å². The molecule has 0 fully saturated rings. The lowest BCUT2D eigenvalue weighted by molar-refractivity contribution is 0.856. The lowest BCUT2D eigenvalue weighted by Crippen LogP contribution is -2.13. The Kier molecular flexibility index (Phi) is 3.79. The molecule has 0 aliphatic rings. The Morgan fingerprint density at radius 3 is 2.19 bits per heavy atom. The van der Waals surface area contributed by atoms with Crippen LogP contribution in [-0.4, -0.2) is 29.6 Å². The Morgan fingerprint density at radius 1 is 0.742 bits per heavy atom. The number of aromatic nitrogens is 6. The summed E-state index contributed by atoms with van der Waals surface area (Å²) in [6, 6.07) is 29.1. The molecule has 0 atom stereocenters. The van der Waals surface area contributed by atoms with Gasteiger partial charge in [-0.25, -0.2) is 9.20 Å². The maximum atomic E-state index is 12.7. The summed E-state index contributed by atoms with van der Waals surface area (Å²) in [4.78, 5) is 12.7. The second-order valence-corrected chi connectivity index (χ2v) is 7.20. The van der Waals surface area contributed by atoms with Gasteiger partial charge in [0, 0.05) is 10.9 Å². The molecule has 0 spiro atoms. The Hall–Kier alpha value is -4.52. The third-order valence-electron chi connectivity index (χ3n) is 5.30. The first kappa shape index (κ1) is 17.3. The van der Waals surface area contributed by atoms with Gasteiger partial charge in [-0.05, 0) is 24.3 Å². The summed E-state index contributed by atoms with van der Waals surface area (Å²) in [6.07, 6.45) is 0. The summed E-state index contributed by atoms with van der Waals surface area (Å²) in [5.41, 5.74) is 3.80. The van der Waals surface area contributed by atoms with E-state index < -0.39 is 0 Å². The summed E-state index contributed by atoms with van der Waals surface area (Å²) in [5.74, 6) is 0.511. The van der Waals surface area contributed by atoms with Crippen LogP contribution >= 0.6 is 0 Å². The van der Waals surface area contributed by atoms with E-state index in [-0.39, 0.29) is 5.56 Å². The van der Waals surface area contributed by atoms with Crippen molar-refractivity contribution in [2.45, 2.75) is 0 Å². The van der Waals surface area contributed by atoms with E-state index in [1.165, 1.54) is 0 Å². The fourth-order valence-corrected chi connectivity index (χ4v) is 3.82. The fourth-order valence-electron chi connectivity index (χ4n) is 3.82. The Bertz CT molecular complexity index is 1600. The van der Waals surface area contributed by atoms with E-state index in [0.29, 0.717) is 16.9 Å². The van der Waals surface area contributed by atoms with Gasteiger partial charge in [0.25, 0.3) is 5.56 Å². The van der Waals surface area contributed by atoms with Crippen LogP contribution in [-0.2, 0) is 0 Å². The van der Waals surface area contributed by atoms with E-state index in [9.17, 15) is 4.79 Å². The van der Waals surface area contributed by atoms with E-state index in [1.54, 1.807) is 10.6 Å². The first-order valence-corrected chi connectivity index (χ1v) is 9.87. The van der Waals surface area contributed by atoms with Crippen molar-refractivity contribution in [2.24, 2.45) is 0 Å². The van der Waals surface area contributed by atoms with E-state index in [0.717, 1.165) is 28.0 Å². The zero-order chi connectivity index (χ0) is 20.8. The third-order valence-corrected chi connectivity index (χ3v) is 5.30. The van der Waals surface area contributed by atoms with Gasteiger partial charge in [-0.15, -0.1) is 10.2 Å². The normalized spacial score (nSPS) is 11.4. The van der Waals surface area contributed by atoms with E-state index in [2.05, 4.69) is 15.3 Å². The standard InChI is InChI=1S/C24H16N6O/c31-24-19-14-8-7-13-18(19)22-25-26-23(30(22)28-24)21-15-20(16-9-3-1-4-10-16)27-29(21)17-11-5-2-6-12-17/h1-15H,(H,28,31). The average Bonchev–Trinajstić information content (AvgIpc) is 3.45. The molecule has 3 aromatic carbocycles. The minimum absolute atomic E-state index is 0.196. The molecule has 0 saturated heterocycles. The molecule has 0 aliphatic carbocycles. The summed E-state index contributed by atoms with van der Waals surface area (Å²) in [5, 5.41) is 17.9. The minimum atomic E-state index is -0.196. The first-order valence-electron chi connectivity index (χ1n) is 9.87. The number of H-pyrrole nitrogens is 1. The molecule has 0 saturated carbocycles. The van der Waals surface area contributed by atoms with Gasteiger partial charge in [0.1, 0.15) is 5.69 Å². The molecule has 7 heteroatoms. The van der Waals surface area contributed by atoms with Gasteiger partial charge in [0.05, 0.1) is 16.8 Å². The molecule has 0 bridgehead atoms. The maximum absolute atomic E-state index is 12.7. The van der Waals surface area contributed by atoms with Crippen molar-refractivity contribution < 1.29 is 0 Å². The summed E-state index contributed by atoms with van der Waals surface area (Å²) >= 11 is 0. The van der Waals surface area contributed by atoms with Gasteiger partial charge in [0.15, 0.2) is 5.65 Å². The van der Waals surface area contributed by atoms with Gasteiger partial charge < -0.3 is 0 Å². The second kappa shape index (κ2) is 6.77. The maximum Gasteiger partial charge on any atom is 0.270 e. The number of aromatic amines is 1. The van der Waals surface area contributed by atoms with Crippen molar-refractivity contribution in [3.8, 4) is 28.5 Å². The molecule has 6 rings (SSSR count). The Balaban J connectivity index is 1.65. The molecule has 31 heavy (non-hydrogen) atoms. The molecule has 0 radical (unpaired) electrons. The van der Waals surface area contributed by atoms with Crippen LogP contribution < -0.4 is 5.56 Å². The number of benzene rings is 3. The average molecular weight is 404 g/mol. The summed E-state index contributed by atoms with van der Waals surface area (Å²) in [6.45, 7) is 0. The quantitative estimate of drug-likeness (QED) is 0.482. The van der Waals surface area contributed by atoms with Crippen molar-refractivity contribution in [3.63, 3.8) is 0 Å². The molecule has 6 aromatic rings. The van der Waals surface area contributed by atoms with E-state index in [4.69, 9.17) is 5.10 Å². The van der Waals surface area contributed by atoms with Crippen LogP contribution in [0.3, 0.4) is 0 Å². The van der Waals surface area contributed by atoms with Crippen LogP contribution in [0.5, 0.6) is 0 Å². The molecule has 3 aromatic heterocycles. The van der Waals surface area contributed by atoms with Gasteiger partial charge in [0.2, 0.25) is 5.82 Å². The number of nitrogens with one attached hydrogen (secondary N) is 1. The largest absolute Gasteiger partial charge is 0.270 e. The number of hydrogen-bond donors (Lipinski definition) is 1. The topological polar surface area (TPSA) is 80.9 Å². The van der Waals surface area contributed by atoms with Crippen molar-refractivity contribution in [1.29, 1.82) is 0 Å². The molecule has 0 aliphatic heterocycles. The van der Waals surface area contributed by atoms with Crippen molar-refractivity contribution >= 4 is 16.4 Å². The lowest BCUT2D eigenvalue weighted by Gasteiger charge is -2.06. The smallest absolute Gasteiger partial charge is 0.267 e. The van der Waals surface area contributed by atoms with Crippen molar-refractivity contribution in [3.05, 3.63) is 101 Å². The van der Waals surface area contributed by atoms with Crippen LogP contribution in [0.25, 0.3) is 44.9 Å². The Morgan fingerprint density at radius 2 is 1.42 bits per heavy atom. The van der Waals surface area contributed by atoms with Crippen LogP contribution in [0.2, 0.25) is 0 Å². The predicted octanol–water partition coefficient (Wildman–Crippen LogP) is 4.09. The van der Waals surface area contributed by atoms with E-state index in [1.807, 2.05) is 89.6 Å². The zero-order valence-electron chi connectivity index (χ0n) is 16.3. The number of hydrogen-bond acceptors (Lipinski definition) is 4. The molecule has 0 amide bonds. The number of rotatable bonds is 3. The Labute approximate surface area is 176 Å². The van der Waals surface area contributed by atoms with Gasteiger partial charge in [-0.3, -0.25) is 9.89 Å². The highest BCUT2D eigenvalue weighted by Crippen LogP contribution is 2.28. The molecular formula is C24H16N6O. The van der Waals surface area contributed by atoms with Crippen molar-refractivity contribution in [1.82, 2.24) is 29.6 Å². The number of fused-ring (bicyclic) bond motifs is 3. The predicted molar refractivity (Wildman–Crippen MR) is 119 cm³/mol. The van der Waals surface area contributed by atoms with Crippen LogP contribution in [0, 0.1) is 0 Å². The zero-order valence-corrected chi connectivity index (χ0v) is 16.3. The molecule has 7 nitrogen and oxygen atoms in total. The number of para-hydroxylation sites is 1. The minimum Gasteiger partial charge on any atom is -0.267 e. The van der Waals surface area contributed by atoms with Gasteiger partial charge >= 0.3 is 0 Å². The lowest BCUT2D eigenvalue weighted by atomic mass is 10.1. The monoisotopic (exact) mass is 404 g/mol. The van der Waals surface area contributed by atoms with Gasteiger partial charge in [-0.2, -0.15) is 5.10 Å². The first-order chi connectivity index (χ1) is 15.3. The highest BCUT2D eigenvalue weighted by atomic mass is 16.1. The van der Waals surface area contributed by atoms with Crippen LogP contribution in [0.15, 0.2) is 95.8 Å². The SMILES string of the molecule is O=c1[nH]n2c(-c3cc(-c4ccccc4)nn3-c3ccccc3)nnc2c2ccccc12.